The maximum absolute atomic E-state index is 11.5. The zero-order valence-corrected chi connectivity index (χ0v) is 13.6. The zero-order chi connectivity index (χ0) is 15.8. The van der Waals surface area contributed by atoms with Crippen molar-refractivity contribution in [3.8, 4) is 0 Å². The Labute approximate surface area is 129 Å². The van der Waals surface area contributed by atoms with Crippen LogP contribution in [0.3, 0.4) is 0 Å². The monoisotopic (exact) mass is 296 g/mol. The van der Waals surface area contributed by atoms with E-state index < -0.39 is 5.97 Å². The van der Waals surface area contributed by atoms with Gasteiger partial charge in [-0.15, -0.1) is 0 Å². The van der Waals surface area contributed by atoms with Crippen LogP contribution in [-0.2, 0) is 9.59 Å². The molecule has 0 fully saturated rings. The molecule has 0 aliphatic rings. The highest BCUT2D eigenvalue weighted by Gasteiger charge is 1.98. The molecule has 122 valence electrons. The lowest BCUT2D eigenvalue weighted by molar-refractivity contribution is -0.137. The van der Waals surface area contributed by atoms with Crippen molar-refractivity contribution in [2.45, 2.75) is 90.4 Å². The lowest BCUT2D eigenvalue weighted by Crippen LogP contribution is -1.94. The minimum Gasteiger partial charge on any atom is -0.481 e. The molecule has 0 saturated heterocycles. The van der Waals surface area contributed by atoms with Crippen LogP contribution in [0.4, 0.5) is 0 Å². The van der Waals surface area contributed by atoms with Crippen LogP contribution in [0.2, 0.25) is 0 Å². The summed E-state index contributed by atoms with van der Waals surface area (Å²) < 4.78 is 0. The van der Waals surface area contributed by atoms with Gasteiger partial charge in [-0.1, -0.05) is 57.6 Å². The third kappa shape index (κ3) is 16.8. The molecule has 0 aromatic carbocycles. The second kappa shape index (κ2) is 15.3. The number of hydrogen-bond acceptors (Lipinski definition) is 2. The molecule has 0 aliphatic carbocycles. The second-order valence-corrected chi connectivity index (χ2v) is 5.73. The molecule has 0 unspecified atom stereocenters. The molecule has 0 bridgehead atoms. The summed E-state index contributed by atoms with van der Waals surface area (Å²) in [6.07, 6.45) is 16.7. The molecular weight excluding hydrogens is 264 g/mol. The Morgan fingerprint density at radius 1 is 0.810 bits per heavy atom. The number of rotatable bonds is 15. The van der Waals surface area contributed by atoms with Crippen molar-refractivity contribution in [2.75, 3.05) is 0 Å². The van der Waals surface area contributed by atoms with E-state index in [1.54, 1.807) is 0 Å². The molecule has 0 radical (unpaired) electrons. The van der Waals surface area contributed by atoms with Crippen LogP contribution in [0.25, 0.3) is 0 Å². The molecule has 1 N–H and O–H groups in total. The maximum atomic E-state index is 11.5. The number of aliphatic carboxylic acids is 1. The van der Waals surface area contributed by atoms with Gasteiger partial charge in [-0.05, 0) is 25.7 Å². The number of hydrogen-bond donors (Lipinski definition) is 1. The Morgan fingerprint density at radius 2 is 1.43 bits per heavy atom. The zero-order valence-electron chi connectivity index (χ0n) is 13.6. The topological polar surface area (TPSA) is 54.4 Å². The lowest BCUT2D eigenvalue weighted by Gasteiger charge is -1.99. The molecule has 3 heteroatoms. The Hall–Kier alpha value is -1.12. The van der Waals surface area contributed by atoms with Gasteiger partial charge in [0.2, 0.25) is 0 Å². The van der Waals surface area contributed by atoms with Gasteiger partial charge in [-0.25, -0.2) is 0 Å². The average molecular weight is 296 g/mol. The first kappa shape index (κ1) is 19.9. The summed E-state index contributed by atoms with van der Waals surface area (Å²) in [4.78, 5) is 21.8. The van der Waals surface area contributed by atoms with Gasteiger partial charge >= 0.3 is 5.97 Å². The van der Waals surface area contributed by atoms with E-state index in [-0.39, 0.29) is 0 Å². The largest absolute Gasteiger partial charge is 0.481 e. The van der Waals surface area contributed by atoms with Gasteiger partial charge in [0.15, 0.2) is 0 Å². The summed E-state index contributed by atoms with van der Waals surface area (Å²) in [5.41, 5.74) is 0. The van der Waals surface area contributed by atoms with E-state index in [0.717, 1.165) is 44.9 Å². The van der Waals surface area contributed by atoms with Gasteiger partial charge in [0.1, 0.15) is 5.78 Å². The van der Waals surface area contributed by atoms with Crippen LogP contribution in [0.5, 0.6) is 0 Å². The summed E-state index contributed by atoms with van der Waals surface area (Å²) in [6, 6.07) is 0. The molecule has 0 atom stereocenters. The van der Waals surface area contributed by atoms with E-state index in [1.165, 1.54) is 25.7 Å². The van der Waals surface area contributed by atoms with Crippen LogP contribution in [0.15, 0.2) is 12.2 Å². The normalized spacial score (nSPS) is 11.1. The van der Waals surface area contributed by atoms with Crippen LogP contribution in [0, 0.1) is 0 Å². The Balaban J connectivity index is 3.25. The predicted molar refractivity (Wildman–Crippen MR) is 87.5 cm³/mol. The molecule has 3 nitrogen and oxygen atoms in total. The highest BCUT2D eigenvalue weighted by molar-refractivity contribution is 5.79. The van der Waals surface area contributed by atoms with Gasteiger partial charge in [0.25, 0.3) is 0 Å². The predicted octanol–water partition coefficient (Wildman–Crippen LogP) is 5.29. The van der Waals surface area contributed by atoms with Gasteiger partial charge < -0.3 is 5.11 Å². The van der Waals surface area contributed by atoms with Gasteiger partial charge in [0.05, 0.1) is 0 Å². The quantitative estimate of drug-likeness (QED) is 0.330. The molecule has 0 saturated carbocycles. The van der Waals surface area contributed by atoms with Crippen molar-refractivity contribution in [2.24, 2.45) is 0 Å². The second-order valence-electron chi connectivity index (χ2n) is 5.73. The van der Waals surface area contributed by atoms with E-state index in [4.69, 9.17) is 5.11 Å². The Kier molecular flexibility index (Phi) is 14.5. The van der Waals surface area contributed by atoms with Crippen LogP contribution < -0.4 is 0 Å². The highest BCUT2D eigenvalue weighted by atomic mass is 16.4. The average Bonchev–Trinajstić information content (AvgIpc) is 2.44. The number of Topliss-reactive ketones (excluding diaryl/α,β-unsaturated/α-hetero) is 1. The number of allylic oxidation sites excluding steroid dienone is 2. The first-order valence-electron chi connectivity index (χ1n) is 8.55. The summed E-state index contributed by atoms with van der Waals surface area (Å²) in [5.74, 6) is -0.331. The maximum Gasteiger partial charge on any atom is 0.303 e. The number of carboxylic acids is 1. The van der Waals surface area contributed by atoms with Crippen molar-refractivity contribution in [1.82, 2.24) is 0 Å². The van der Waals surface area contributed by atoms with Gasteiger partial charge in [-0.3, -0.25) is 9.59 Å². The molecule has 0 aromatic rings. The number of carbonyl (C=O) groups excluding carboxylic acids is 1. The number of carboxylic acid groups (broad SMARTS) is 1. The Morgan fingerprint density at radius 3 is 2.10 bits per heavy atom. The number of carbonyl (C=O) groups is 2. The van der Waals surface area contributed by atoms with E-state index in [1.807, 2.05) is 6.08 Å². The van der Waals surface area contributed by atoms with E-state index in [2.05, 4.69) is 13.0 Å². The molecular formula is C18H32O3. The molecule has 0 aliphatic heterocycles. The van der Waals surface area contributed by atoms with Gasteiger partial charge in [0, 0.05) is 19.3 Å². The molecule has 0 aromatic heterocycles. The molecule has 0 spiro atoms. The minimum atomic E-state index is -0.690. The summed E-state index contributed by atoms with van der Waals surface area (Å²) >= 11 is 0. The van der Waals surface area contributed by atoms with Crippen molar-refractivity contribution in [3.05, 3.63) is 12.2 Å². The lowest BCUT2D eigenvalue weighted by atomic mass is 10.1. The third-order valence-electron chi connectivity index (χ3n) is 3.58. The highest BCUT2D eigenvalue weighted by Crippen LogP contribution is 2.09. The smallest absolute Gasteiger partial charge is 0.303 e. The number of unbranched alkanes of at least 4 members (excludes halogenated alkanes) is 8. The summed E-state index contributed by atoms with van der Waals surface area (Å²) in [6.45, 7) is 2.15. The first-order chi connectivity index (χ1) is 10.2. The van der Waals surface area contributed by atoms with Gasteiger partial charge in [-0.2, -0.15) is 0 Å². The Bertz CT molecular complexity index is 295. The van der Waals surface area contributed by atoms with Crippen LogP contribution in [0.1, 0.15) is 90.4 Å². The SMILES string of the molecule is CCCCCC(=O)CC=CCCCCCCCCC(=O)O. The third-order valence-corrected chi connectivity index (χ3v) is 3.58. The molecule has 0 heterocycles. The van der Waals surface area contributed by atoms with Crippen LogP contribution in [-0.4, -0.2) is 16.9 Å². The molecule has 0 rings (SSSR count). The van der Waals surface area contributed by atoms with E-state index >= 15 is 0 Å². The summed E-state index contributed by atoms with van der Waals surface area (Å²) in [7, 11) is 0. The standard InChI is InChI=1S/C18H32O3/c1-2-3-11-14-17(19)15-12-9-7-5-4-6-8-10-13-16-18(20)21/h9,12H,2-8,10-11,13-16H2,1H3,(H,20,21). The van der Waals surface area contributed by atoms with Crippen molar-refractivity contribution >= 4 is 11.8 Å². The number of ketones is 1. The van der Waals surface area contributed by atoms with Crippen molar-refractivity contribution in [3.63, 3.8) is 0 Å². The first-order valence-corrected chi connectivity index (χ1v) is 8.55. The van der Waals surface area contributed by atoms with Crippen LogP contribution >= 0.6 is 0 Å². The molecule has 0 amide bonds. The van der Waals surface area contributed by atoms with Crippen molar-refractivity contribution in [1.29, 1.82) is 0 Å². The van der Waals surface area contributed by atoms with Crippen molar-refractivity contribution < 1.29 is 14.7 Å². The van der Waals surface area contributed by atoms with E-state index in [9.17, 15) is 9.59 Å². The fourth-order valence-corrected chi connectivity index (χ4v) is 2.25. The van der Waals surface area contributed by atoms with E-state index in [0.29, 0.717) is 18.6 Å². The fraction of sp³-hybridized carbons (Fsp3) is 0.778. The summed E-state index contributed by atoms with van der Waals surface area (Å²) in [5, 5.41) is 8.50. The fourth-order valence-electron chi connectivity index (χ4n) is 2.25. The molecule has 21 heavy (non-hydrogen) atoms. The minimum absolute atomic E-state index is 0.301.